The van der Waals surface area contributed by atoms with Gasteiger partial charge in [0.1, 0.15) is 0 Å². The molecule has 0 fully saturated rings. The Morgan fingerprint density at radius 1 is 1.21 bits per heavy atom. The molecule has 0 spiro atoms. The third-order valence-corrected chi connectivity index (χ3v) is 3.79. The molecule has 0 aliphatic heterocycles. The summed E-state index contributed by atoms with van der Waals surface area (Å²) in [6, 6.07) is 10.6. The van der Waals surface area contributed by atoms with Gasteiger partial charge in [-0.25, -0.2) is 4.79 Å². The summed E-state index contributed by atoms with van der Waals surface area (Å²) >= 11 is 0. The van der Waals surface area contributed by atoms with Gasteiger partial charge in [0, 0.05) is 17.8 Å². The van der Waals surface area contributed by atoms with E-state index in [1.807, 2.05) is 24.3 Å². The third kappa shape index (κ3) is 6.01. The molecule has 0 aliphatic rings. The smallest absolute Gasteiger partial charge is 0.331 e. The van der Waals surface area contributed by atoms with Crippen molar-refractivity contribution < 1.29 is 23.6 Å². The van der Waals surface area contributed by atoms with Gasteiger partial charge < -0.3 is 10.1 Å². The first-order valence-electron chi connectivity index (χ1n) is 8.45. The molecule has 7 nitrogen and oxygen atoms in total. The van der Waals surface area contributed by atoms with Crippen molar-refractivity contribution in [3.8, 4) is 0 Å². The molecule has 28 heavy (non-hydrogen) atoms. The SMILES string of the molecule is CC(C)c1ccc(/C=C/C(=O)OCC(=O)Nc2ccc(F)c([N+](=O)[O-])c2)cc1. The lowest BCUT2D eigenvalue weighted by molar-refractivity contribution is -0.387. The molecule has 2 aromatic carbocycles. The van der Waals surface area contributed by atoms with Crippen LogP contribution in [0.2, 0.25) is 0 Å². The van der Waals surface area contributed by atoms with Crippen LogP contribution in [0.5, 0.6) is 0 Å². The van der Waals surface area contributed by atoms with Gasteiger partial charge in [-0.3, -0.25) is 14.9 Å². The fourth-order valence-electron chi connectivity index (χ4n) is 2.27. The Balaban J connectivity index is 1.86. The fraction of sp³-hybridized carbons (Fsp3) is 0.200. The maximum Gasteiger partial charge on any atom is 0.331 e. The predicted octanol–water partition coefficient (Wildman–Crippen LogP) is 4.05. The highest BCUT2D eigenvalue weighted by atomic mass is 19.1. The van der Waals surface area contributed by atoms with E-state index in [-0.39, 0.29) is 5.69 Å². The van der Waals surface area contributed by atoms with Crippen LogP contribution in [0.25, 0.3) is 6.08 Å². The van der Waals surface area contributed by atoms with E-state index in [0.29, 0.717) is 5.92 Å². The number of ether oxygens (including phenoxy) is 1. The van der Waals surface area contributed by atoms with Crippen LogP contribution in [-0.4, -0.2) is 23.4 Å². The molecule has 0 aliphatic carbocycles. The Labute approximate surface area is 161 Å². The van der Waals surface area contributed by atoms with E-state index in [2.05, 4.69) is 19.2 Å². The second-order valence-electron chi connectivity index (χ2n) is 6.23. The standard InChI is InChI=1S/C20H19FN2O5/c1-13(2)15-6-3-14(4-7-15)5-10-20(25)28-12-19(24)22-16-8-9-17(21)18(11-16)23(26)27/h3-11,13H,12H2,1-2H3,(H,22,24)/b10-5+. The summed E-state index contributed by atoms with van der Waals surface area (Å²) < 4.78 is 18.1. The van der Waals surface area contributed by atoms with Crippen LogP contribution in [0.4, 0.5) is 15.8 Å². The number of esters is 1. The second kappa shape index (κ2) is 9.40. The van der Waals surface area contributed by atoms with Crippen LogP contribution < -0.4 is 5.32 Å². The van der Waals surface area contributed by atoms with Gasteiger partial charge in [-0.05, 0) is 35.3 Å². The number of nitrogens with one attached hydrogen (secondary N) is 1. The summed E-state index contributed by atoms with van der Waals surface area (Å²) in [6.07, 6.45) is 2.76. The van der Waals surface area contributed by atoms with E-state index >= 15 is 0 Å². The number of carbonyl (C=O) groups is 2. The molecule has 0 radical (unpaired) electrons. The zero-order valence-electron chi connectivity index (χ0n) is 15.3. The van der Waals surface area contributed by atoms with Gasteiger partial charge in [-0.2, -0.15) is 4.39 Å². The lowest BCUT2D eigenvalue weighted by atomic mass is 10.0. The highest BCUT2D eigenvalue weighted by molar-refractivity contribution is 5.94. The number of halogens is 1. The van der Waals surface area contributed by atoms with Crippen molar-refractivity contribution in [1.82, 2.24) is 0 Å². The largest absolute Gasteiger partial charge is 0.452 e. The van der Waals surface area contributed by atoms with Gasteiger partial charge in [0.25, 0.3) is 5.91 Å². The molecule has 0 atom stereocenters. The summed E-state index contributed by atoms with van der Waals surface area (Å²) in [7, 11) is 0. The zero-order chi connectivity index (χ0) is 20.7. The number of nitro groups is 1. The monoisotopic (exact) mass is 386 g/mol. The fourth-order valence-corrected chi connectivity index (χ4v) is 2.27. The molecule has 0 saturated carbocycles. The van der Waals surface area contributed by atoms with E-state index in [4.69, 9.17) is 4.74 Å². The van der Waals surface area contributed by atoms with Crippen molar-refractivity contribution in [1.29, 1.82) is 0 Å². The number of anilines is 1. The number of carbonyl (C=O) groups excluding carboxylic acids is 2. The topological polar surface area (TPSA) is 98.5 Å². The van der Waals surface area contributed by atoms with Crippen LogP contribution in [-0.2, 0) is 14.3 Å². The molecule has 2 rings (SSSR count). The number of rotatable bonds is 7. The first-order chi connectivity index (χ1) is 13.3. The number of nitro benzene ring substituents is 1. The highest BCUT2D eigenvalue weighted by Crippen LogP contribution is 2.21. The van der Waals surface area contributed by atoms with Crippen LogP contribution in [0.15, 0.2) is 48.5 Å². The molecule has 8 heteroatoms. The maximum absolute atomic E-state index is 13.3. The normalized spacial score (nSPS) is 10.9. The molecule has 0 aromatic heterocycles. The molecule has 0 saturated heterocycles. The average molecular weight is 386 g/mol. The van der Waals surface area contributed by atoms with Crippen LogP contribution in [0.3, 0.4) is 0 Å². The molecular formula is C20H19FN2O5. The minimum absolute atomic E-state index is 0.0231. The van der Waals surface area contributed by atoms with Crippen molar-refractivity contribution in [2.45, 2.75) is 19.8 Å². The third-order valence-electron chi connectivity index (χ3n) is 3.79. The summed E-state index contributed by atoms with van der Waals surface area (Å²) in [5, 5.41) is 13.0. The lowest BCUT2D eigenvalue weighted by Crippen LogP contribution is -2.20. The Kier molecular flexibility index (Phi) is 6.97. The Morgan fingerprint density at radius 3 is 2.50 bits per heavy atom. The van der Waals surface area contributed by atoms with Crippen LogP contribution in [0, 0.1) is 15.9 Å². The number of nitrogens with zero attached hydrogens (tertiary/aromatic N) is 1. The Bertz CT molecular complexity index is 907. The van der Waals surface area contributed by atoms with E-state index in [1.165, 1.54) is 17.7 Å². The van der Waals surface area contributed by atoms with Gasteiger partial charge in [0.2, 0.25) is 5.82 Å². The number of amides is 1. The Morgan fingerprint density at radius 2 is 1.89 bits per heavy atom. The van der Waals surface area contributed by atoms with Crippen LogP contribution in [0.1, 0.15) is 30.9 Å². The predicted molar refractivity (Wildman–Crippen MR) is 102 cm³/mol. The van der Waals surface area contributed by atoms with E-state index in [1.54, 1.807) is 6.08 Å². The van der Waals surface area contributed by atoms with Crippen molar-refractivity contribution in [3.63, 3.8) is 0 Å². The molecule has 0 unspecified atom stereocenters. The summed E-state index contributed by atoms with van der Waals surface area (Å²) in [4.78, 5) is 33.3. The van der Waals surface area contributed by atoms with Gasteiger partial charge in [-0.1, -0.05) is 38.1 Å². The molecular weight excluding hydrogens is 367 g/mol. The molecule has 0 bridgehead atoms. The molecule has 146 valence electrons. The molecule has 2 aromatic rings. The van der Waals surface area contributed by atoms with Crippen LogP contribution >= 0.6 is 0 Å². The highest BCUT2D eigenvalue weighted by Gasteiger charge is 2.15. The van der Waals surface area contributed by atoms with Crippen molar-refractivity contribution >= 4 is 29.3 Å². The zero-order valence-corrected chi connectivity index (χ0v) is 15.3. The molecule has 0 heterocycles. The summed E-state index contributed by atoms with van der Waals surface area (Å²) in [5.74, 6) is -2.03. The van der Waals surface area contributed by atoms with Crippen molar-refractivity contribution in [2.24, 2.45) is 0 Å². The van der Waals surface area contributed by atoms with E-state index in [9.17, 15) is 24.1 Å². The quantitative estimate of drug-likeness (QED) is 0.335. The lowest BCUT2D eigenvalue weighted by Gasteiger charge is -2.06. The summed E-state index contributed by atoms with van der Waals surface area (Å²) in [6.45, 7) is 3.58. The first kappa shape index (κ1) is 20.8. The van der Waals surface area contributed by atoms with Gasteiger partial charge >= 0.3 is 11.7 Å². The van der Waals surface area contributed by atoms with Gasteiger partial charge in [-0.15, -0.1) is 0 Å². The minimum Gasteiger partial charge on any atom is -0.452 e. The number of hydrogen-bond acceptors (Lipinski definition) is 5. The molecule has 1 amide bonds. The molecule has 1 N–H and O–H groups in total. The van der Waals surface area contributed by atoms with Crippen molar-refractivity contribution in [3.05, 3.63) is 75.6 Å². The van der Waals surface area contributed by atoms with Gasteiger partial charge in [0.05, 0.1) is 4.92 Å². The second-order valence-corrected chi connectivity index (χ2v) is 6.23. The summed E-state index contributed by atoms with van der Waals surface area (Å²) in [5.41, 5.74) is 1.25. The first-order valence-corrected chi connectivity index (χ1v) is 8.45. The average Bonchev–Trinajstić information content (AvgIpc) is 2.66. The Hall–Kier alpha value is -3.55. The van der Waals surface area contributed by atoms with Crippen molar-refractivity contribution in [2.75, 3.05) is 11.9 Å². The number of benzene rings is 2. The van der Waals surface area contributed by atoms with Gasteiger partial charge in [0.15, 0.2) is 6.61 Å². The van der Waals surface area contributed by atoms with E-state index < -0.39 is 34.9 Å². The maximum atomic E-state index is 13.3. The minimum atomic E-state index is -1.01. The number of hydrogen-bond donors (Lipinski definition) is 1. The van der Waals surface area contributed by atoms with E-state index in [0.717, 1.165) is 17.7 Å².